The average Bonchev–Trinajstić information content (AvgIpc) is 3.09. The molecule has 0 atom stereocenters. The van der Waals surface area contributed by atoms with Crippen molar-refractivity contribution in [1.82, 2.24) is 14.9 Å². The molecule has 4 rings (SSSR count). The molecule has 28 heavy (non-hydrogen) atoms. The van der Waals surface area contributed by atoms with Gasteiger partial charge in [-0.15, -0.1) is 0 Å². The number of benzene rings is 1. The summed E-state index contributed by atoms with van der Waals surface area (Å²) in [6.45, 7) is 2.55. The average molecular weight is 414 g/mol. The van der Waals surface area contributed by atoms with E-state index in [9.17, 15) is 22.8 Å². The molecule has 3 aromatic rings. The Morgan fingerprint density at radius 3 is 2.61 bits per heavy atom. The van der Waals surface area contributed by atoms with E-state index in [0.29, 0.717) is 31.7 Å². The van der Waals surface area contributed by atoms with Crippen LogP contribution in [0.3, 0.4) is 0 Å². The molecule has 2 aromatic heterocycles. The van der Waals surface area contributed by atoms with Gasteiger partial charge in [0.25, 0.3) is 0 Å². The van der Waals surface area contributed by atoms with Gasteiger partial charge in [0.05, 0.1) is 15.9 Å². The van der Waals surface area contributed by atoms with Crippen molar-refractivity contribution in [2.24, 2.45) is 0 Å². The lowest BCUT2D eigenvalue weighted by atomic mass is 9.93. The lowest BCUT2D eigenvalue weighted by Gasteiger charge is -2.30. The van der Waals surface area contributed by atoms with Crippen molar-refractivity contribution < 1.29 is 22.4 Å². The monoisotopic (exact) mass is 413 g/mol. The molecular weight excluding hydrogens is 399 g/mol. The second-order valence-electron chi connectivity index (χ2n) is 6.84. The van der Waals surface area contributed by atoms with Gasteiger partial charge in [0.15, 0.2) is 11.0 Å². The van der Waals surface area contributed by atoms with Gasteiger partial charge in [0.2, 0.25) is 11.7 Å². The number of fused-ring (bicyclic) bond motifs is 3. The molecule has 0 aliphatic carbocycles. The second kappa shape index (κ2) is 6.51. The van der Waals surface area contributed by atoms with Gasteiger partial charge in [0, 0.05) is 32.0 Å². The smallest absolute Gasteiger partial charge is 0.449 e. The van der Waals surface area contributed by atoms with E-state index in [1.165, 1.54) is 19.1 Å². The number of hydrogen-bond acceptors (Lipinski definition) is 4. The number of nitrogens with one attached hydrogen (secondary N) is 1. The Hall–Kier alpha value is -2.55. The first-order valence-corrected chi connectivity index (χ1v) is 9.01. The summed E-state index contributed by atoms with van der Waals surface area (Å²) in [6, 6.07) is 2.63. The molecule has 0 radical (unpaired) electrons. The summed E-state index contributed by atoms with van der Waals surface area (Å²) in [4.78, 5) is 31.5. The van der Waals surface area contributed by atoms with Gasteiger partial charge < -0.3 is 14.3 Å². The normalized spacial score (nSPS) is 16.2. The van der Waals surface area contributed by atoms with Gasteiger partial charge in [-0.3, -0.25) is 9.59 Å². The predicted molar refractivity (Wildman–Crippen MR) is 96.4 cm³/mol. The number of carbonyl (C=O) groups excluding carboxylic acids is 1. The summed E-state index contributed by atoms with van der Waals surface area (Å²) >= 11 is 6.05. The fraction of sp³-hybridized carbons (Fsp3) is 0.389. The van der Waals surface area contributed by atoms with Crippen LogP contribution in [0, 0.1) is 0 Å². The number of H-pyrrole nitrogens is 1. The van der Waals surface area contributed by atoms with Gasteiger partial charge in [-0.2, -0.15) is 13.2 Å². The van der Waals surface area contributed by atoms with Gasteiger partial charge in [-0.1, -0.05) is 11.6 Å². The molecule has 148 valence electrons. The van der Waals surface area contributed by atoms with Crippen LogP contribution in [0.15, 0.2) is 21.3 Å². The van der Waals surface area contributed by atoms with E-state index >= 15 is 0 Å². The largest absolute Gasteiger partial charge is 0.458 e. The van der Waals surface area contributed by atoms with Crippen LogP contribution >= 0.6 is 11.6 Å². The molecule has 0 saturated carbocycles. The number of piperidine rings is 1. The number of aromatic amines is 1. The molecule has 0 unspecified atom stereocenters. The fourth-order valence-electron chi connectivity index (χ4n) is 3.56. The van der Waals surface area contributed by atoms with Crippen LogP contribution in [0.4, 0.5) is 13.2 Å². The van der Waals surface area contributed by atoms with E-state index in [1.54, 1.807) is 4.90 Å². The minimum Gasteiger partial charge on any atom is -0.458 e. The number of hydrogen-bond donors (Lipinski definition) is 1. The minimum atomic E-state index is -4.69. The third-order valence-electron chi connectivity index (χ3n) is 5.04. The molecule has 1 aliphatic rings. The van der Waals surface area contributed by atoms with Crippen molar-refractivity contribution in [3.8, 4) is 0 Å². The van der Waals surface area contributed by atoms with Crippen LogP contribution in [0.5, 0.6) is 0 Å². The maximum absolute atomic E-state index is 13.0. The zero-order valence-electron chi connectivity index (χ0n) is 14.7. The van der Waals surface area contributed by atoms with E-state index in [-0.39, 0.29) is 38.9 Å². The molecule has 0 spiro atoms. The highest BCUT2D eigenvalue weighted by Gasteiger charge is 2.36. The Morgan fingerprint density at radius 1 is 1.32 bits per heavy atom. The van der Waals surface area contributed by atoms with Crippen LogP contribution in [0.25, 0.3) is 22.0 Å². The number of rotatable bonds is 1. The molecule has 0 bridgehead atoms. The first kappa shape index (κ1) is 18.8. The number of aromatic nitrogens is 2. The van der Waals surface area contributed by atoms with Gasteiger partial charge in [-0.25, -0.2) is 4.98 Å². The van der Waals surface area contributed by atoms with Gasteiger partial charge in [-0.05, 0) is 18.9 Å². The highest BCUT2D eigenvalue weighted by atomic mass is 35.5. The van der Waals surface area contributed by atoms with E-state index in [4.69, 9.17) is 16.0 Å². The Labute approximate surface area is 161 Å². The molecule has 1 saturated heterocycles. The molecular formula is C18H15ClF3N3O3. The van der Waals surface area contributed by atoms with Gasteiger partial charge in [0.1, 0.15) is 11.3 Å². The Bertz CT molecular complexity index is 1140. The number of alkyl halides is 3. The second-order valence-corrected chi connectivity index (χ2v) is 7.24. The van der Waals surface area contributed by atoms with Crippen molar-refractivity contribution in [2.75, 3.05) is 13.1 Å². The number of amides is 1. The summed E-state index contributed by atoms with van der Waals surface area (Å²) in [5.74, 6) is -0.967. The topological polar surface area (TPSA) is 79.2 Å². The van der Waals surface area contributed by atoms with Crippen LogP contribution in [0.1, 0.15) is 37.3 Å². The molecule has 3 heterocycles. The third-order valence-corrected chi connectivity index (χ3v) is 5.34. The Kier molecular flexibility index (Phi) is 4.37. The molecule has 1 fully saturated rings. The summed E-state index contributed by atoms with van der Waals surface area (Å²) in [7, 11) is 0. The molecule has 6 nitrogen and oxygen atoms in total. The van der Waals surface area contributed by atoms with Crippen LogP contribution in [0.2, 0.25) is 5.02 Å². The summed E-state index contributed by atoms with van der Waals surface area (Å²) in [6.07, 6.45) is -3.50. The zero-order valence-corrected chi connectivity index (χ0v) is 15.4. The highest BCUT2D eigenvalue weighted by molar-refractivity contribution is 6.36. The maximum atomic E-state index is 13.0. The fourth-order valence-corrected chi connectivity index (χ4v) is 3.80. The minimum absolute atomic E-state index is 0.0223. The SMILES string of the molecule is CC(=O)N1CCC(c2cc(=O)c3cc(Cl)c4[nH]c(C(F)(F)F)nc4c3o2)CC1. The maximum Gasteiger partial charge on any atom is 0.449 e. The first-order valence-electron chi connectivity index (χ1n) is 8.64. The molecule has 1 aromatic carbocycles. The predicted octanol–water partition coefficient (Wildman–Crippen LogP) is 4.07. The van der Waals surface area contributed by atoms with Gasteiger partial charge >= 0.3 is 6.18 Å². The molecule has 10 heteroatoms. The van der Waals surface area contributed by atoms with Crippen molar-refractivity contribution in [3.63, 3.8) is 0 Å². The van der Waals surface area contributed by atoms with Crippen LogP contribution in [-0.2, 0) is 11.0 Å². The lowest BCUT2D eigenvalue weighted by molar-refractivity contribution is -0.144. The number of nitrogens with zero attached hydrogens (tertiary/aromatic N) is 2. The third kappa shape index (κ3) is 3.13. The van der Waals surface area contributed by atoms with Crippen molar-refractivity contribution in [3.05, 3.63) is 39.0 Å². The molecule has 1 aliphatic heterocycles. The van der Waals surface area contributed by atoms with E-state index in [0.717, 1.165) is 0 Å². The van der Waals surface area contributed by atoms with E-state index in [2.05, 4.69) is 9.97 Å². The first-order chi connectivity index (χ1) is 13.1. The zero-order chi connectivity index (χ0) is 20.2. The summed E-state index contributed by atoms with van der Waals surface area (Å²) < 4.78 is 45.0. The van der Waals surface area contributed by atoms with Crippen LogP contribution < -0.4 is 5.43 Å². The van der Waals surface area contributed by atoms with Crippen LogP contribution in [-0.4, -0.2) is 33.9 Å². The van der Waals surface area contributed by atoms with Crippen molar-refractivity contribution in [1.29, 1.82) is 0 Å². The Morgan fingerprint density at radius 2 is 2.00 bits per heavy atom. The molecule has 1 N–H and O–H groups in total. The highest BCUT2D eigenvalue weighted by Crippen LogP contribution is 2.36. The molecule has 1 amide bonds. The lowest BCUT2D eigenvalue weighted by Crippen LogP contribution is -2.36. The summed E-state index contributed by atoms with van der Waals surface area (Å²) in [5, 5.41) is 0.0305. The van der Waals surface area contributed by atoms with Crippen molar-refractivity contribution in [2.45, 2.75) is 31.9 Å². The van der Waals surface area contributed by atoms with Crippen molar-refractivity contribution >= 4 is 39.5 Å². The summed E-state index contributed by atoms with van der Waals surface area (Å²) in [5.41, 5.74) is -0.587. The van der Waals surface area contributed by atoms with E-state index < -0.39 is 17.4 Å². The number of halogens is 4. The van der Waals surface area contributed by atoms with E-state index in [1.807, 2.05) is 0 Å². The quantitative estimate of drug-likeness (QED) is 0.652. The Balaban J connectivity index is 1.84. The number of carbonyl (C=O) groups is 1. The standard InChI is InChI=1S/C18H15ClF3N3O3/c1-8(26)25-4-2-9(3-5-25)13-7-12(27)10-6-11(19)14-15(16(10)28-13)24-17(23-14)18(20,21)22/h6-7,9H,2-5H2,1H3,(H,23,24). The number of imidazole rings is 1. The number of likely N-dealkylation sites (tertiary alicyclic amines) is 1.